The van der Waals surface area contributed by atoms with Crippen molar-refractivity contribution in [3.05, 3.63) is 0 Å². The number of carbonyl (C=O) groups excluding carboxylic acids is 2. The predicted molar refractivity (Wildman–Crippen MR) is 173 cm³/mol. The van der Waals surface area contributed by atoms with Gasteiger partial charge in [0.1, 0.15) is 31.0 Å². The fourth-order valence-corrected chi connectivity index (χ4v) is 5.54. The van der Waals surface area contributed by atoms with Crippen LogP contribution < -0.4 is 0 Å². The van der Waals surface area contributed by atoms with Crippen LogP contribution in [0, 0.1) is 0 Å². The lowest BCUT2D eigenvalue weighted by Crippen LogP contribution is -2.59. The van der Waals surface area contributed by atoms with Gasteiger partial charge >= 0.3 is 11.9 Å². The molecule has 0 spiro atoms. The van der Waals surface area contributed by atoms with E-state index in [1.165, 1.54) is 83.5 Å². The fraction of sp³-hybridized carbons (Fsp3) is 0.943. The fourth-order valence-electron chi connectivity index (χ4n) is 5.54. The Bertz CT molecular complexity index is 719. The lowest BCUT2D eigenvalue weighted by Gasteiger charge is -2.39. The highest BCUT2D eigenvalue weighted by Crippen LogP contribution is 2.22. The summed E-state index contributed by atoms with van der Waals surface area (Å²) in [6.07, 6.45) is 15.5. The van der Waals surface area contributed by atoms with Crippen LogP contribution in [0.2, 0.25) is 0 Å². The number of rotatable bonds is 29. The number of aliphatic hydroxyl groups is 4. The third kappa shape index (κ3) is 20.5. The number of carbonyl (C=O) groups is 2. The van der Waals surface area contributed by atoms with Gasteiger partial charge in [0, 0.05) is 12.8 Å². The second-order valence-corrected chi connectivity index (χ2v) is 12.7. The molecule has 0 bridgehead atoms. The maximum atomic E-state index is 12.6. The third-order valence-corrected chi connectivity index (χ3v) is 8.49. The van der Waals surface area contributed by atoms with Crippen molar-refractivity contribution < 1.29 is 49.0 Å². The number of hydrogen-bond acceptors (Lipinski definition) is 10. The molecule has 1 fully saturated rings. The molecule has 0 saturated carbocycles. The molecule has 10 heteroatoms. The summed E-state index contributed by atoms with van der Waals surface area (Å²) in [6, 6.07) is 0. The summed E-state index contributed by atoms with van der Waals surface area (Å²) in [7, 11) is 0. The summed E-state index contributed by atoms with van der Waals surface area (Å²) in [5.41, 5.74) is 0. The first kappa shape index (κ1) is 41.7. The molecule has 6 atom stereocenters. The summed E-state index contributed by atoms with van der Waals surface area (Å²) < 4.78 is 22.0. The van der Waals surface area contributed by atoms with Gasteiger partial charge < -0.3 is 39.4 Å². The van der Waals surface area contributed by atoms with Crippen LogP contribution in [0.3, 0.4) is 0 Å². The van der Waals surface area contributed by atoms with E-state index in [0.29, 0.717) is 6.42 Å². The number of hydrogen-bond donors (Lipinski definition) is 4. The van der Waals surface area contributed by atoms with E-state index in [2.05, 4.69) is 13.8 Å². The van der Waals surface area contributed by atoms with E-state index in [-0.39, 0.29) is 32.0 Å². The number of ether oxygens (including phenoxy) is 4. The first-order valence-corrected chi connectivity index (χ1v) is 18.1. The Morgan fingerprint density at radius 3 is 1.51 bits per heavy atom. The zero-order valence-electron chi connectivity index (χ0n) is 28.4. The Morgan fingerprint density at radius 2 is 1.04 bits per heavy atom. The zero-order valence-corrected chi connectivity index (χ0v) is 28.4. The van der Waals surface area contributed by atoms with Crippen LogP contribution in [0.15, 0.2) is 0 Å². The number of aliphatic hydroxyl groups excluding tert-OH is 4. The van der Waals surface area contributed by atoms with E-state index in [0.717, 1.165) is 38.5 Å². The Labute approximate surface area is 272 Å². The summed E-state index contributed by atoms with van der Waals surface area (Å²) in [5, 5.41) is 39.8. The quantitative estimate of drug-likeness (QED) is 0.0573. The summed E-state index contributed by atoms with van der Waals surface area (Å²) in [4.78, 5) is 25.0. The highest BCUT2D eigenvalue weighted by Gasteiger charge is 2.44. The molecule has 0 aromatic carbocycles. The lowest BCUT2D eigenvalue weighted by atomic mass is 9.99. The smallest absolute Gasteiger partial charge is 0.306 e. The molecule has 1 aliphatic rings. The third-order valence-electron chi connectivity index (χ3n) is 8.49. The van der Waals surface area contributed by atoms with Gasteiger partial charge in [-0.05, 0) is 12.8 Å². The van der Waals surface area contributed by atoms with E-state index in [4.69, 9.17) is 18.9 Å². The maximum absolute atomic E-state index is 12.6. The molecule has 1 heterocycles. The second kappa shape index (κ2) is 27.8. The van der Waals surface area contributed by atoms with Gasteiger partial charge in [0.2, 0.25) is 0 Å². The molecular formula is C35H66O10. The summed E-state index contributed by atoms with van der Waals surface area (Å²) in [6.45, 7) is 3.37. The minimum atomic E-state index is -1.59. The molecule has 0 unspecified atom stereocenters. The molecular weight excluding hydrogens is 580 g/mol. The average molecular weight is 647 g/mol. The van der Waals surface area contributed by atoms with Crippen molar-refractivity contribution in [2.45, 2.75) is 192 Å². The number of unbranched alkanes of at least 4 members (excludes halogenated alkanes) is 18. The molecule has 266 valence electrons. The van der Waals surface area contributed by atoms with Crippen molar-refractivity contribution in [2.75, 3.05) is 19.8 Å². The Balaban J connectivity index is 2.43. The standard InChI is InChI=1S/C35H66O10/c1-3-5-7-9-11-13-15-17-19-21-23-30(37)42-26-28(27-43-35-34(41)33(40)32(39)29(25-36)45-35)44-31(38)24-22-20-18-16-14-12-10-8-6-4-2/h28-29,32-36,39-41H,3-27H2,1-2H3/t28-,29-,32+,33+,34-,35-/m1/s1. The van der Waals surface area contributed by atoms with Gasteiger partial charge in [-0.15, -0.1) is 0 Å². The Kier molecular flexibility index (Phi) is 25.8. The van der Waals surface area contributed by atoms with Gasteiger partial charge in [0.05, 0.1) is 13.2 Å². The van der Waals surface area contributed by atoms with Crippen molar-refractivity contribution in [3.63, 3.8) is 0 Å². The van der Waals surface area contributed by atoms with Crippen LogP contribution in [0.5, 0.6) is 0 Å². The summed E-state index contributed by atoms with van der Waals surface area (Å²) >= 11 is 0. The molecule has 0 aromatic heterocycles. The van der Waals surface area contributed by atoms with Crippen LogP contribution >= 0.6 is 0 Å². The van der Waals surface area contributed by atoms with Crippen molar-refractivity contribution in [2.24, 2.45) is 0 Å². The highest BCUT2D eigenvalue weighted by atomic mass is 16.7. The summed E-state index contributed by atoms with van der Waals surface area (Å²) in [5.74, 6) is -0.805. The Hall–Kier alpha value is -1.30. The van der Waals surface area contributed by atoms with E-state index < -0.39 is 49.4 Å². The van der Waals surface area contributed by atoms with Crippen molar-refractivity contribution in [1.29, 1.82) is 0 Å². The number of esters is 2. The zero-order chi connectivity index (χ0) is 33.1. The molecule has 1 rings (SSSR count). The van der Waals surface area contributed by atoms with Gasteiger partial charge in [0.25, 0.3) is 0 Å². The van der Waals surface area contributed by atoms with Crippen LogP contribution in [0.25, 0.3) is 0 Å². The average Bonchev–Trinajstić information content (AvgIpc) is 3.03. The van der Waals surface area contributed by atoms with Crippen LogP contribution in [0.4, 0.5) is 0 Å². The molecule has 0 amide bonds. The first-order valence-electron chi connectivity index (χ1n) is 18.1. The predicted octanol–water partition coefficient (Wildman–Crippen LogP) is 5.88. The minimum Gasteiger partial charge on any atom is -0.462 e. The van der Waals surface area contributed by atoms with Gasteiger partial charge in [0.15, 0.2) is 12.4 Å². The molecule has 1 aliphatic heterocycles. The maximum Gasteiger partial charge on any atom is 0.306 e. The van der Waals surface area contributed by atoms with Crippen molar-refractivity contribution >= 4 is 11.9 Å². The van der Waals surface area contributed by atoms with Gasteiger partial charge in [-0.3, -0.25) is 9.59 Å². The van der Waals surface area contributed by atoms with Crippen molar-refractivity contribution in [1.82, 2.24) is 0 Å². The highest BCUT2D eigenvalue weighted by molar-refractivity contribution is 5.70. The monoisotopic (exact) mass is 646 g/mol. The molecule has 1 saturated heterocycles. The molecule has 0 radical (unpaired) electrons. The van der Waals surface area contributed by atoms with Crippen LogP contribution in [-0.2, 0) is 28.5 Å². The molecule has 4 N–H and O–H groups in total. The minimum absolute atomic E-state index is 0.211. The van der Waals surface area contributed by atoms with Gasteiger partial charge in [-0.1, -0.05) is 129 Å². The van der Waals surface area contributed by atoms with E-state index in [1.807, 2.05) is 0 Å². The molecule has 10 nitrogen and oxygen atoms in total. The van der Waals surface area contributed by atoms with E-state index >= 15 is 0 Å². The first-order chi connectivity index (χ1) is 21.8. The molecule has 0 aliphatic carbocycles. The second-order valence-electron chi connectivity index (χ2n) is 12.7. The SMILES string of the molecule is CCCCCCCCCCCCC(=O)OC[C@H](CO[C@@H]1O[C@H](CO)[C@H](O)[C@H](O)[C@H]1O)OC(=O)CCCCCCCCCCCC. The lowest BCUT2D eigenvalue weighted by molar-refractivity contribution is -0.305. The van der Waals surface area contributed by atoms with Gasteiger partial charge in [-0.2, -0.15) is 0 Å². The van der Waals surface area contributed by atoms with E-state index in [1.54, 1.807) is 0 Å². The normalized spacial score (nSPS) is 22.3. The Morgan fingerprint density at radius 1 is 0.600 bits per heavy atom. The van der Waals surface area contributed by atoms with Crippen molar-refractivity contribution in [3.8, 4) is 0 Å². The van der Waals surface area contributed by atoms with Crippen LogP contribution in [-0.4, -0.2) is 89.0 Å². The van der Waals surface area contributed by atoms with Crippen LogP contribution in [0.1, 0.15) is 155 Å². The van der Waals surface area contributed by atoms with E-state index in [9.17, 15) is 30.0 Å². The topological polar surface area (TPSA) is 152 Å². The largest absolute Gasteiger partial charge is 0.462 e. The van der Waals surface area contributed by atoms with Gasteiger partial charge in [-0.25, -0.2) is 0 Å². The molecule has 45 heavy (non-hydrogen) atoms. The molecule has 0 aromatic rings.